The van der Waals surface area contributed by atoms with Crippen LogP contribution in [0.4, 0.5) is 0 Å². The second-order valence-corrected chi connectivity index (χ2v) is 6.17. The van der Waals surface area contributed by atoms with Crippen LogP contribution >= 0.6 is 11.6 Å². The normalized spacial score (nSPS) is 10.9. The molecule has 0 aromatic heterocycles. The fraction of sp³-hybridized carbons (Fsp3) is 0.368. The van der Waals surface area contributed by atoms with Gasteiger partial charge in [0.15, 0.2) is 0 Å². The minimum Gasteiger partial charge on any atom is -0.313 e. The van der Waals surface area contributed by atoms with Crippen LogP contribution in [0.15, 0.2) is 30.3 Å². The average molecular weight is 302 g/mol. The second kappa shape index (κ2) is 7.11. The topological polar surface area (TPSA) is 12.0 Å². The monoisotopic (exact) mass is 301 g/mol. The number of nitrogens with one attached hydrogen (secondary N) is 1. The first-order chi connectivity index (χ1) is 10.0. The van der Waals surface area contributed by atoms with Gasteiger partial charge in [-0.1, -0.05) is 48.4 Å². The third-order valence-corrected chi connectivity index (χ3v) is 4.05. The van der Waals surface area contributed by atoms with E-state index in [1.165, 1.54) is 27.8 Å². The average Bonchev–Trinajstić information content (AvgIpc) is 2.40. The van der Waals surface area contributed by atoms with Gasteiger partial charge in [0.05, 0.1) is 0 Å². The maximum Gasteiger partial charge on any atom is 0.0487 e. The summed E-state index contributed by atoms with van der Waals surface area (Å²) < 4.78 is 0. The third kappa shape index (κ3) is 3.87. The molecule has 0 aliphatic heterocycles. The van der Waals surface area contributed by atoms with Gasteiger partial charge in [0.25, 0.3) is 0 Å². The molecule has 0 saturated heterocycles. The van der Waals surface area contributed by atoms with E-state index >= 15 is 0 Å². The van der Waals surface area contributed by atoms with E-state index in [1.54, 1.807) is 0 Å². The summed E-state index contributed by atoms with van der Waals surface area (Å²) in [5, 5.41) is 4.24. The molecule has 2 aromatic carbocycles. The Morgan fingerprint density at radius 3 is 2.24 bits per heavy atom. The Morgan fingerprint density at radius 2 is 1.67 bits per heavy atom. The molecule has 0 radical (unpaired) electrons. The minimum absolute atomic E-state index is 0.834. The number of hydrogen-bond acceptors (Lipinski definition) is 1. The number of halogens is 1. The number of rotatable bonds is 5. The van der Waals surface area contributed by atoms with E-state index in [2.05, 4.69) is 63.3 Å². The summed E-state index contributed by atoms with van der Waals surface area (Å²) in [5.74, 6) is 0. The predicted octanol–water partition coefficient (Wildman–Crippen LogP) is 5.43. The fourth-order valence-electron chi connectivity index (χ4n) is 2.89. The molecule has 1 nitrogen and oxygen atoms in total. The van der Waals surface area contributed by atoms with E-state index in [1.807, 2.05) is 0 Å². The highest BCUT2D eigenvalue weighted by atomic mass is 35.5. The Balaban J connectivity index is 2.33. The molecule has 0 spiro atoms. The number of aryl methyl sites for hydroxylation is 3. The molecule has 0 amide bonds. The van der Waals surface area contributed by atoms with E-state index < -0.39 is 0 Å². The van der Waals surface area contributed by atoms with Gasteiger partial charge in [-0.25, -0.2) is 0 Å². The summed E-state index contributed by atoms with van der Waals surface area (Å²) in [4.78, 5) is 0. The van der Waals surface area contributed by atoms with Gasteiger partial charge in [0, 0.05) is 17.1 Å². The summed E-state index contributed by atoms with van der Waals surface area (Å²) in [6.45, 7) is 10.5. The van der Waals surface area contributed by atoms with Gasteiger partial charge in [-0.15, -0.1) is 0 Å². The van der Waals surface area contributed by atoms with Gasteiger partial charge in [-0.3, -0.25) is 0 Å². The second-order valence-electron chi connectivity index (χ2n) is 5.76. The first kappa shape index (κ1) is 16.1. The third-order valence-electron chi connectivity index (χ3n) is 3.74. The molecule has 0 bridgehead atoms. The smallest absolute Gasteiger partial charge is 0.0487 e. The van der Waals surface area contributed by atoms with Crippen molar-refractivity contribution in [3.8, 4) is 11.1 Å². The van der Waals surface area contributed by atoms with E-state index in [4.69, 9.17) is 11.6 Å². The van der Waals surface area contributed by atoms with Crippen molar-refractivity contribution in [1.29, 1.82) is 0 Å². The molecule has 1 N–H and O–H groups in total. The Hall–Kier alpha value is -1.31. The molecule has 21 heavy (non-hydrogen) atoms. The summed E-state index contributed by atoms with van der Waals surface area (Å²) in [7, 11) is 0. The minimum atomic E-state index is 0.834. The summed E-state index contributed by atoms with van der Waals surface area (Å²) in [6, 6.07) is 10.8. The Morgan fingerprint density at radius 1 is 1.00 bits per heavy atom. The van der Waals surface area contributed by atoms with E-state index in [0.29, 0.717) is 0 Å². The number of hydrogen-bond donors (Lipinski definition) is 1. The van der Waals surface area contributed by atoms with E-state index in [0.717, 1.165) is 30.1 Å². The van der Waals surface area contributed by atoms with Crippen LogP contribution in [0.1, 0.15) is 35.6 Å². The molecule has 2 heteroatoms. The van der Waals surface area contributed by atoms with Crippen molar-refractivity contribution >= 4 is 11.6 Å². The van der Waals surface area contributed by atoms with Crippen molar-refractivity contribution < 1.29 is 0 Å². The highest BCUT2D eigenvalue weighted by Crippen LogP contribution is 2.34. The molecule has 0 atom stereocenters. The first-order valence-electron chi connectivity index (χ1n) is 7.60. The highest BCUT2D eigenvalue weighted by molar-refractivity contribution is 6.33. The molecule has 2 aromatic rings. The van der Waals surface area contributed by atoms with Crippen LogP contribution in [0.2, 0.25) is 5.02 Å². The molecule has 2 rings (SSSR count). The van der Waals surface area contributed by atoms with Crippen LogP contribution in [0.5, 0.6) is 0 Å². The van der Waals surface area contributed by atoms with E-state index in [-0.39, 0.29) is 0 Å². The summed E-state index contributed by atoms with van der Waals surface area (Å²) in [6.07, 6.45) is 1.15. The van der Waals surface area contributed by atoms with Crippen LogP contribution in [0, 0.1) is 20.8 Å². The van der Waals surface area contributed by atoms with Crippen LogP contribution < -0.4 is 5.32 Å². The molecule has 112 valence electrons. The largest absolute Gasteiger partial charge is 0.313 e. The molecule has 0 fully saturated rings. The fourth-order valence-corrected chi connectivity index (χ4v) is 3.18. The number of benzene rings is 2. The lowest BCUT2D eigenvalue weighted by atomic mass is 9.93. The standard InChI is InChI=1S/C19H24ClN/c1-5-8-21-12-16-6-7-17(18(20)11-16)19-14(3)9-13(2)10-15(19)4/h6-7,9-11,21H,5,8,12H2,1-4H3. The van der Waals surface area contributed by atoms with Crippen LogP contribution in [0.25, 0.3) is 11.1 Å². The zero-order valence-electron chi connectivity index (χ0n) is 13.4. The zero-order valence-corrected chi connectivity index (χ0v) is 14.1. The molecule has 0 heterocycles. The molecule has 0 aliphatic rings. The Labute approximate surface area is 133 Å². The molecule has 0 aliphatic carbocycles. The lowest BCUT2D eigenvalue weighted by Crippen LogP contribution is -2.13. The maximum atomic E-state index is 6.53. The van der Waals surface area contributed by atoms with Crippen molar-refractivity contribution in [3.63, 3.8) is 0 Å². The lowest BCUT2D eigenvalue weighted by Gasteiger charge is -2.14. The summed E-state index contributed by atoms with van der Waals surface area (Å²) >= 11 is 6.53. The van der Waals surface area contributed by atoms with Crippen molar-refractivity contribution in [2.24, 2.45) is 0 Å². The Kier molecular flexibility index (Phi) is 5.44. The molecular formula is C19H24ClN. The van der Waals surface area contributed by atoms with Gasteiger partial charge in [0.2, 0.25) is 0 Å². The lowest BCUT2D eigenvalue weighted by molar-refractivity contribution is 0.675. The predicted molar refractivity (Wildman–Crippen MR) is 93.1 cm³/mol. The molecular weight excluding hydrogens is 278 g/mol. The van der Waals surface area contributed by atoms with Gasteiger partial charge in [-0.2, -0.15) is 0 Å². The molecule has 0 saturated carbocycles. The van der Waals surface area contributed by atoms with Crippen LogP contribution in [-0.2, 0) is 6.54 Å². The van der Waals surface area contributed by atoms with Gasteiger partial charge < -0.3 is 5.32 Å². The maximum absolute atomic E-state index is 6.53. The van der Waals surface area contributed by atoms with E-state index in [9.17, 15) is 0 Å². The first-order valence-corrected chi connectivity index (χ1v) is 7.98. The van der Waals surface area contributed by atoms with Gasteiger partial charge in [-0.05, 0) is 62.1 Å². The van der Waals surface area contributed by atoms with Crippen molar-refractivity contribution in [2.45, 2.75) is 40.7 Å². The van der Waals surface area contributed by atoms with Crippen molar-refractivity contribution in [2.75, 3.05) is 6.54 Å². The Bertz CT molecular complexity index is 608. The zero-order chi connectivity index (χ0) is 15.4. The van der Waals surface area contributed by atoms with Gasteiger partial charge in [0.1, 0.15) is 0 Å². The van der Waals surface area contributed by atoms with Crippen molar-refractivity contribution in [3.05, 3.63) is 57.6 Å². The van der Waals surface area contributed by atoms with Crippen LogP contribution in [-0.4, -0.2) is 6.54 Å². The van der Waals surface area contributed by atoms with Crippen LogP contribution in [0.3, 0.4) is 0 Å². The SMILES string of the molecule is CCCNCc1ccc(-c2c(C)cc(C)cc2C)c(Cl)c1. The van der Waals surface area contributed by atoms with Crippen molar-refractivity contribution in [1.82, 2.24) is 5.32 Å². The van der Waals surface area contributed by atoms with Gasteiger partial charge >= 0.3 is 0 Å². The summed E-state index contributed by atoms with van der Waals surface area (Å²) in [5.41, 5.74) is 7.49. The molecule has 0 unspecified atom stereocenters. The quantitative estimate of drug-likeness (QED) is 0.726. The highest BCUT2D eigenvalue weighted by Gasteiger charge is 2.10.